The Hall–Kier alpha value is -3.77. The van der Waals surface area contributed by atoms with E-state index in [9.17, 15) is 10.2 Å². The monoisotopic (exact) mass is 508 g/mol. The van der Waals surface area contributed by atoms with Gasteiger partial charge in [-0.2, -0.15) is 0 Å². The minimum absolute atomic E-state index is 0.0310. The number of para-hydroxylation sites is 2. The van der Waals surface area contributed by atoms with Crippen molar-refractivity contribution < 1.29 is 4.79 Å². The fraction of sp³-hybridized carbons (Fsp3) is 0.258. The lowest BCUT2D eigenvalue weighted by Crippen LogP contribution is -2.29. The zero-order valence-corrected chi connectivity index (χ0v) is 22.4. The molecule has 188 valence electrons. The van der Waals surface area contributed by atoms with Crippen LogP contribution in [-0.4, -0.2) is 19.9 Å². The minimum atomic E-state index is -0.0310. The number of rotatable bonds is 9. The van der Waals surface area contributed by atoms with Crippen LogP contribution in [0.3, 0.4) is 0 Å². The first kappa shape index (κ1) is 24.9. The van der Waals surface area contributed by atoms with Crippen LogP contribution < -0.4 is 5.62 Å². The first-order valence-electron chi connectivity index (χ1n) is 12.7. The average Bonchev–Trinajstić information content (AvgIpc) is 3.45. The van der Waals surface area contributed by atoms with E-state index in [-0.39, 0.29) is 11.8 Å². The fourth-order valence-corrected chi connectivity index (χ4v) is 5.73. The van der Waals surface area contributed by atoms with Crippen LogP contribution in [0.4, 0.5) is 0 Å². The molecule has 6 heteroatoms. The van der Waals surface area contributed by atoms with Crippen LogP contribution in [0.5, 0.6) is 0 Å². The summed E-state index contributed by atoms with van der Waals surface area (Å²) in [4.78, 5) is 18.1. The quantitative estimate of drug-likeness (QED) is 0.223. The average molecular weight is 509 g/mol. The molecule has 5 aromatic rings. The first-order chi connectivity index (χ1) is 17.9. The number of nitrogens with zero attached hydrogens (tertiary/aromatic N) is 3. The van der Waals surface area contributed by atoms with Gasteiger partial charge in [0.05, 0.1) is 33.7 Å². The van der Waals surface area contributed by atoms with Gasteiger partial charge < -0.3 is 9.13 Å². The van der Waals surface area contributed by atoms with Gasteiger partial charge >= 0.3 is 0 Å². The van der Waals surface area contributed by atoms with Gasteiger partial charge in [-0.05, 0) is 56.9 Å². The van der Waals surface area contributed by atoms with Crippen LogP contribution in [0.1, 0.15) is 56.5 Å². The lowest BCUT2D eigenvalue weighted by Gasteiger charge is -2.20. The van der Waals surface area contributed by atoms with Gasteiger partial charge in [-0.25, -0.2) is 4.98 Å². The normalized spacial score (nSPS) is 12.2. The molecule has 0 amide bonds. The number of fused-ring (bicyclic) bond motifs is 1. The molecule has 2 heterocycles. The van der Waals surface area contributed by atoms with Gasteiger partial charge in [-0.3, -0.25) is 10.2 Å². The number of hydrogen-bond donors (Lipinski definition) is 1. The zero-order valence-electron chi connectivity index (χ0n) is 21.6. The molecule has 0 spiro atoms. The van der Waals surface area contributed by atoms with Crippen LogP contribution in [-0.2, 0) is 13.0 Å². The molecule has 0 aliphatic rings. The van der Waals surface area contributed by atoms with Crippen molar-refractivity contribution in [2.75, 3.05) is 0 Å². The van der Waals surface area contributed by atoms with Crippen molar-refractivity contribution in [3.8, 4) is 0 Å². The third kappa shape index (κ3) is 5.35. The van der Waals surface area contributed by atoms with E-state index in [2.05, 4.69) is 88.6 Å². The van der Waals surface area contributed by atoms with Crippen molar-refractivity contribution in [3.63, 3.8) is 0 Å². The third-order valence-electron chi connectivity index (χ3n) is 7.04. The van der Waals surface area contributed by atoms with Crippen LogP contribution in [0.2, 0.25) is 0 Å². The number of nitrogens with one attached hydrogen (secondary N) is 1. The van der Waals surface area contributed by atoms with E-state index in [4.69, 9.17) is 0 Å². The molecular formula is C31H32N4OS. The van der Waals surface area contributed by atoms with E-state index in [1.54, 1.807) is 5.51 Å². The molecule has 0 saturated carbocycles. The van der Waals surface area contributed by atoms with Gasteiger partial charge in [0.15, 0.2) is 5.78 Å². The van der Waals surface area contributed by atoms with Gasteiger partial charge in [0.2, 0.25) is 5.62 Å². The number of hydrogen-bond acceptors (Lipinski definition) is 4. The number of imidazole rings is 1. The smallest absolute Gasteiger partial charge is 0.203 e. The lowest BCUT2D eigenvalue weighted by atomic mass is 9.98. The molecule has 0 saturated heterocycles. The largest absolute Gasteiger partial charge is 0.307 e. The van der Waals surface area contributed by atoms with Crippen molar-refractivity contribution in [1.82, 2.24) is 14.1 Å². The summed E-state index contributed by atoms with van der Waals surface area (Å²) in [5.74, 6) is 0.129. The van der Waals surface area contributed by atoms with Crippen molar-refractivity contribution in [2.24, 2.45) is 0 Å². The molecule has 0 aliphatic heterocycles. The molecule has 1 unspecified atom stereocenters. The molecule has 0 aliphatic carbocycles. The predicted molar refractivity (Wildman–Crippen MR) is 150 cm³/mol. The van der Waals surface area contributed by atoms with E-state index in [1.807, 2.05) is 19.1 Å². The fourth-order valence-electron chi connectivity index (χ4n) is 4.96. The molecule has 0 bridgehead atoms. The molecule has 1 atom stereocenters. The summed E-state index contributed by atoms with van der Waals surface area (Å²) in [7, 11) is 0. The Bertz CT molecular complexity index is 1590. The molecule has 3 aromatic carbocycles. The predicted octanol–water partition coefficient (Wildman–Crippen LogP) is 6.80. The number of ketones is 1. The highest BCUT2D eigenvalue weighted by molar-refractivity contribution is 7.11. The number of carbonyl (C=O) groups excluding carboxylic acids is 1. The van der Waals surface area contributed by atoms with Crippen LogP contribution in [0, 0.1) is 26.2 Å². The summed E-state index contributed by atoms with van der Waals surface area (Å²) >= 11 is 1.41. The third-order valence-corrected chi connectivity index (χ3v) is 8.01. The topological polar surface area (TPSA) is 63.7 Å². The Labute approximate surface area is 221 Å². The minimum Gasteiger partial charge on any atom is -0.307 e. The van der Waals surface area contributed by atoms with Crippen molar-refractivity contribution >= 4 is 28.2 Å². The van der Waals surface area contributed by atoms with E-state index < -0.39 is 0 Å². The summed E-state index contributed by atoms with van der Waals surface area (Å²) < 4.78 is 4.22. The van der Waals surface area contributed by atoms with Gasteiger partial charge in [0.25, 0.3) is 0 Å². The highest BCUT2D eigenvalue weighted by Crippen LogP contribution is 2.27. The number of thiazole rings is 1. The Kier molecular flexibility index (Phi) is 7.19. The molecule has 1 N–H and O–H groups in total. The van der Waals surface area contributed by atoms with E-state index >= 15 is 0 Å². The Morgan fingerprint density at radius 3 is 2.14 bits per heavy atom. The number of Topliss-reactive ketones (excluding diaryl/α,β-unsaturated/α-hetero) is 1. The molecule has 37 heavy (non-hydrogen) atoms. The highest BCUT2D eigenvalue weighted by Gasteiger charge is 2.22. The van der Waals surface area contributed by atoms with Crippen LogP contribution >= 0.6 is 11.3 Å². The van der Waals surface area contributed by atoms with E-state index in [0.29, 0.717) is 25.0 Å². The number of carbonyl (C=O) groups is 1. The molecule has 0 radical (unpaired) electrons. The first-order valence-corrected chi connectivity index (χ1v) is 13.6. The van der Waals surface area contributed by atoms with Crippen LogP contribution in [0.25, 0.3) is 11.0 Å². The Morgan fingerprint density at radius 2 is 1.51 bits per heavy atom. The maximum Gasteiger partial charge on any atom is 0.203 e. The second kappa shape index (κ2) is 10.7. The SMILES string of the molecule is Cc1ccc(CC(CCC(=O)c2scnc2C)n2c(=N)n(Cc3ccc(C)cc3)c3ccccc32)cc1. The van der Waals surface area contributed by atoms with Gasteiger partial charge in [-0.15, -0.1) is 11.3 Å². The summed E-state index contributed by atoms with van der Waals surface area (Å²) in [5.41, 5.74) is 9.87. The number of benzene rings is 3. The number of aromatic nitrogens is 3. The molecule has 0 fully saturated rings. The van der Waals surface area contributed by atoms with Crippen LogP contribution in [0.15, 0.2) is 78.3 Å². The molecular weight excluding hydrogens is 476 g/mol. The molecule has 2 aromatic heterocycles. The lowest BCUT2D eigenvalue weighted by molar-refractivity contribution is 0.0977. The standard InChI is InChI=1S/C31H32N4OS/c1-21-8-12-24(13-9-21)18-26(16-17-29(36)30-23(3)33-20-37-30)35-28-7-5-4-6-27(28)34(31(35)32)19-25-14-10-22(2)11-15-25/h4-15,20,26,32H,16-19H2,1-3H3. The zero-order chi connectivity index (χ0) is 25.9. The summed E-state index contributed by atoms with van der Waals surface area (Å²) in [6, 6.07) is 25.3. The second-order valence-corrected chi connectivity index (χ2v) is 10.7. The van der Waals surface area contributed by atoms with Crippen molar-refractivity contribution in [2.45, 2.75) is 52.6 Å². The van der Waals surface area contributed by atoms with Crippen molar-refractivity contribution in [1.29, 1.82) is 5.41 Å². The van der Waals surface area contributed by atoms with Gasteiger partial charge in [-0.1, -0.05) is 71.8 Å². The highest BCUT2D eigenvalue weighted by atomic mass is 32.1. The summed E-state index contributed by atoms with van der Waals surface area (Å²) in [6.45, 7) is 6.70. The van der Waals surface area contributed by atoms with Gasteiger partial charge in [0, 0.05) is 12.5 Å². The Balaban J connectivity index is 1.54. The Morgan fingerprint density at radius 1 is 0.892 bits per heavy atom. The second-order valence-electron chi connectivity index (χ2n) is 9.83. The van der Waals surface area contributed by atoms with Gasteiger partial charge in [0.1, 0.15) is 0 Å². The van der Waals surface area contributed by atoms with E-state index in [1.165, 1.54) is 28.0 Å². The van der Waals surface area contributed by atoms with Crippen molar-refractivity contribution in [3.05, 3.63) is 117 Å². The maximum absolute atomic E-state index is 13.1. The molecule has 5 rings (SSSR count). The summed E-state index contributed by atoms with van der Waals surface area (Å²) in [6.07, 6.45) is 1.83. The molecule has 5 nitrogen and oxygen atoms in total. The van der Waals surface area contributed by atoms with E-state index in [0.717, 1.165) is 33.6 Å². The maximum atomic E-state index is 13.1. The number of aryl methyl sites for hydroxylation is 3. The summed E-state index contributed by atoms with van der Waals surface area (Å²) in [5, 5.41) is 9.29.